The van der Waals surface area contributed by atoms with Crippen molar-refractivity contribution in [1.29, 1.82) is 0 Å². The van der Waals surface area contributed by atoms with Crippen molar-refractivity contribution in [3.8, 4) is 0 Å². The Morgan fingerprint density at radius 2 is 1.91 bits per heavy atom. The van der Waals surface area contributed by atoms with Gasteiger partial charge in [0.2, 0.25) is 15.9 Å². The fourth-order valence-corrected chi connectivity index (χ4v) is 3.82. The lowest BCUT2D eigenvalue weighted by Gasteiger charge is -2.19. The van der Waals surface area contributed by atoms with Crippen LogP contribution in [0.15, 0.2) is 35.2 Å². The number of rotatable bonds is 6. The highest BCUT2D eigenvalue weighted by atomic mass is 32.2. The first-order valence-corrected chi connectivity index (χ1v) is 8.78. The summed E-state index contributed by atoms with van der Waals surface area (Å²) in [5.41, 5.74) is 0. The first-order chi connectivity index (χ1) is 10.8. The molecule has 8 heteroatoms. The third kappa shape index (κ3) is 4.29. The molecule has 2 atom stereocenters. The van der Waals surface area contributed by atoms with Gasteiger partial charge in [-0.15, -0.1) is 0 Å². The Bertz CT molecular complexity index is 674. The lowest BCUT2D eigenvalue weighted by Crippen LogP contribution is -2.42. The zero-order valence-electron chi connectivity index (χ0n) is 12.8. The fourth-order valence-electron chi connectivity index (χ4n) is 2.67. The number of benzene rings is 1. The summed E-state index contributed by atoms with van der Waals surface area (Å²) in [6.45, 7) is -0.300. The molecule has 1 aromatic carbocycles. The summed E-state index contributed by atoms with van der Waals surface area (Å²) in [7, 11) is -2.37. The van der Waals surface area contributed by atoms with E-state index in [1.165, 1.54) is 19.2 Å². The number of amides is 1. The topological polar surface area (TPSA) is 104 Å². The predicted octanol–water partition coefficient (Wildman–Crippen LogP) is 0.677. The molecule has 0 aromatic heterocycles. The lowest BCUT2D eigenvalue weighted by atomic mass is 10.1. The second kappa shape index (κ2) is 7.10. The number of carbonyl (C=O) groups excluding carboxylic acids is 1. The van der Waals surface area contributed by atoms with Crippen molar-refractivity contribution in [2.24, 2.45) is 5.92 Å². The molecule has 23 heavy (non-hydrogen) atoms. The van der Waals surface area contributed by atoms with Gasteiger partial charge in [-0.05, 0) is 31.4 Å². The summed E-state index contributed by atoms with van der Waals surface area (Å²) >= 11 is 0. The van der Waals surface area contributed by atoms with E-state index in [4.69, 9.17) is 5.11 Å². The van der Waals surface area contributed by atoms with Crippen LogP contribution in [0, 0.1) is 5.92 Å². The molecule has 7 nitrogen and oxygen atoms in total. The predicted molar refractivity (Wildman–Crippen MR) is 83.2 cm³/mol. The Labute approximate surface area is 135 Å². The molecule has 1 aliphatic rings. The molecule has 1 fully saturated rings. The van der Waals surface area contributed by atoms with E-state index >= 15 is 0 Å². The van der Waals surface area contributed by atoms with Crippen LogP contribution in [-0.2, 0) is 19.6 Å². The first-order valence-electron chi connectivity index (χ1n) is 7.34. The molecule has 126 valence electrons. The molecule has 0 aliphatic heterocycles. The van der Waals surface area contributed by atoms with Gasteiger partial charge in [0.05, 0.1) is 17.4 Å². The molecule has 0 bridgehead atoms. The largest absolute Gasteiger partial charge is 0.481 e. The summed E-state index contributed by atoms with van der Waals surface area (Å²) in [5.74, 6) is -1.72. The molecule has 1 aliphatic carbocycles. The minimum absolute atomic E-state index is 0.127. The smallest absolute Gasteiger partial charge is 0.306 e. The first kappa shape index (κ1) is 17.4. The van der Waals surface area contributed by atoms with Gasteiger partial charge < -0.3 is 10.4 Å². The van der Waals surface area contributed by atoms with E-state index in [1.54, 1.807) is 18.2 Å². The Kier molecular flexibility index (Phi) is 5.38. The van der Waals surface area contributed by atoms with Crippen LogP contribution in [0.25, 0.3) is 0 Å². The lowest BCUT2D eigenvalue weighted by molar-refractivity contribution is -0.141. The maximum atomic E-state index is 12.3. The second-order valence-corrected chi connectivity index (χ2v) is 7.73. The number of aliphatic carboxylic acids is 1. The SMILES string of the molecule is CN(CC(=O)N[C@@H]1CC[C@H](C(=O)O)C1)S(=O)(=O)c1ccccc1. The normalized spacial score (nSPS) is 21.3. The van der Waals surface area contributed by atoms with Gasteiger partial charge in [0.1, 0.15) is 0 Å². The van der Waals surface area contributed by atoms with Crippen molar-refractivity contribution in [3.05, 3.63) is 30.3 Å². The molecule has 0 heterocycles. The van der Waals surface area contributed by atoms with E-state index in [0.29, 0.717) is 19.3 Å². The minimum Gasteiger partial charge on any atom is -0.481 e. The van der Waals surface area contributed by atoms with Crippen LogP contribution in [0.1, 0.15) is 19.3 Å². The summed E-state index contributed by atoms with van der Waals surface area (Å²) < 4.78 is 25.6. The molecule has 2 rings (SSSR count). The van der Waals surface area contributed by atoms with Crippen molar-refractivity contribution in [1.82, 2.24) is 9.62 Å². The highest BCUT2D eigenvalue weighted by Crippen LogP contribution is 2.25. The third-order valence-corrected chi connectivity index (χ3v) is 5.78. The monoisotopic (exact) mass is 340 g/mol. The van der Waals surface area contributed by atoms with E-state index < -0.39 is 27.8 Å². The molecule has 2 N–H and O–H groups in total. The average molecular weight is 340 g/mol. The molecule has 1 saturated carbocycles. The number of carboxylic acids is 1. The number of likely N-dealkylation sites (N-methyl/N-ethyl adjacent to an activating group) is 1. The number of hydrogen-bond donors (Lipinski definition) is 2. The highest BCUT2D eigenvalue weighted by Gasteiger charge is 2.31. The quantitative estimate of drug-likeness (QED) is 0.792. The van der Waals surface area contributed by atoms with Crippen molar-refractivity contribution >= 4 is 21.9 Å². The standard InChI is InChI=1S/C15H20N2O5S/c1-17(23(21,22)13-5-3-2-4-6-13)10-14(18)16-12-8-7-11(9-12)15(19)20/h2-6,11-12H,7-10H2,1H3,(H,16,18)(H,19,20)/t11-,12+/m0/s1. The Morgan fingerprint density at radius 1 is 1.26 bits per heavy atom. The highest BCUT2D eigenvalue weighted by molar-refractivity contribution is 7.89. The molecule has 0 radical (unpaired) electrons. The Morgan fingerprint density at radius 3 is 2.48 bits per heavy atom. The average Bonchev–Trinajstić information content (AvgIpc) is 2.96. The Balaban J connectivity index is 1.92. The van der Waals surface area contributed by atoms with Crippen molar-refractivity contribution in [3.63, 3.8) is 0 Å². The summed E-state index contributed by atoms with van der Waals surface area (Å²) in [6.07, 6.45) is 1.51. The number of carbonyl (C=O) groups is 2. The second-order valence-electron chi connectivity index (χ2n) is 5.69. The summed E-state index contributed by atoms with van der Waals surface area (Å²) in [4.78, 5) is 23.0. The molecule has 1 amide bonds. The number of hydrogen-bond acceptors (Lipinski definition) is 4. The van der Waals surface area contributed by atoms with Gasteiger partial charge in [-0.1, -0.05) is 18.2 Å². The van der Waals surface area contributed by atoms with Crippen molar-refractivity contribution in [2.45, 2.75) is 30.2 Å². The minimum atomic E-state index is -3.71. The molecule has 0 saturated heterocycles. The van der Waals surface area contributed by atoms with Gasteiger partial charge in [0, 0.05) is 13.1 Å². The summed E-state index contributed by atoms with van der Waals surface area (Å²) in [6, 6.07) is 7.68. The van der Waals surface area contributed by atoms with Crippen molar-refractivity contribution < 1.29 is 23.1 Å². The van der Waals surface area contributed by atoms with E-state index in [2.05, 4.69) is 5.32 Å². The Hall–Kier alpha value is -1.93. The van der Waals surface area contributed by atoms with Gasteiger partial charge >= 0.3 is 5.97 Å². The number of sulfonamides is 1. The van der Waals surface area contributed by atoms with Gasteiger partial charge in [-0.3, -0.25) is 9.59 Å². The van der Waals surface area contributed by atoms with Crippen LogP contribution in [0.2, 0.25) is 0 Å². The van der Waals surface area contributed by atoms with Crippen LogP contribution < -0.4 is 5.32 Å². The zero-order chi connectivity index (χ0) is 17.0. The summed E-state index contributed by atoms with van der Waals surface area (Å²) in [5, 5.41) is 11.7. The number of carboxylic acid groups (broad SMARTS) is 1. The molecule has 1 aromatic rings. The van der Waals surface area contributed by atoms with E-state index in [9.17, 15) is 18.0 Å². The maximum Gasteiger partial charge on any atom is 0.306 e. The van der Waals surface area contributed by atoms with Gasteiger partial charge in [0.25, 0.3) is 0 Å². The van der Waals surface area contributed by atoms with Crippen LogP contribution in [-0.4, -0.2) is 49.3 Å². The van der Waals surface area contributed by atoms with Gasteiger partial charge in [0.15, 0.2) is 0 Å². The molecular weight excluding hydrogens is 320 g/mol. The van der Waals surface area contributed by atoms with Crippen LogP contribution >= 0.6 is 0 Å². The van der Waals surface area contributed by atoms with Crippen LogP contribution in [0.3, 0.4) is 0 Å². The van der Waals surface area contributed by atoms with E-state index in [-0.39, 0.29) is 17.5 Å². The van der Waals surface area contributed by atoms with Crippen LogP contribution in [0.5, 0.6) is 0 Å². The van der Waals surface area contributed by atoms with E-state index in [1.807, 2.05) is 0 Å². The van der Waals surface area contributed by atoms with Crippen LogP contribution in [0.4, 0.5) is 0 Å². The number of nitrogens with zero attached hydrogens (tertiary/aromatic N) is 1. The maximum absolute atomic E-state index is 12.3. The van der Waals surface area contributed by atoms with Gasteiger partial charge in [-0.2, -0.15) is 4.31 Å². The fraction of sp³-hybridized carbons (Fsp3) is 0.467. The van der Waals surface area contributed by atoms with Gasteiger partial charge in [-0.25, -0.2) is 8.42 Å². The third-order valence-electron chi connectivity index (χ3n) is 3.96. The zero-order valence-corrected chi connectivity index (χ0v) is 13.6. The molecule has 0 spiro atoms. The molecule has 0 unspecified atom stereocenters. The van der Waals surface area contributed by atoms with Crippen molar-refractivity contribution in [2.75, 3.05) is 13.6 Å². The molecular formula is C15H20N2O5S. The van der Waals surface area contributed by atoms with E-state index in [0.717, 1.165) is 4.31 Å². The number of nitrogens with one attached hydrogen (secondary N) is 1.